The number of hydrogen-bond acceptors (Lipinski definition) is 5. The molecular weight excluding hydrogens is 493 g/mol. The van der Waals surface area contributed by atoms with Gasteiger partial charge < -0.3 is 0 Å². The van der Waals surface area contributed by atoms with E-state index >= 15 is 0 Å². The molecule has 0 spiro atoms. The van der Waals surface area contributed by atoms with E-state index in [4.69, 9.17) is 43.9 Å². The fourth-order valence-electron chi connectivity index (χ4n) is 3.78. The van der Waals surface area contributed by atoms with Crippen LogP contribution >= 0.6 is 15.9 Å². The maximum Gasteiger partial charge on any atom is 0.176 e. The quantitative estimate of drug-likeness (QED) is 0.451. The number of hydrogen-bond donors (Lipinski definition) is 0. The van der Waals surface area contributed by atoms with Gasteiger partial charge in [-0.25, -0.2) is 0 Å². The summed E-state index contributed by atoms with van der Waals surface area (Å²) in [6, 6.07) is 5.71. The average Bonchev–Trinajstić information content (AvgIpc) is 2.86. The van der Waals surface area contributed by atoms with Gasteiger partial charge in [0.2, 0.25) is 0 Å². The minimum atomic E-state index is -0.630. The van der Waals surface area contributed by atoms with Gasteiger partial charge in [0.1, 0.15) is 0 Å². The van der Waals surface area contributed by atoms with Crippen molar-refractivity contribution in [2.45, 2.75) is 37.4 Å². The molecule has 5 nitrogen and oxygen atoms in total. The molecule has 0 amide bonds. The van der Waals surface area contributed by atoms with Gasteiger partial charge >= 0.3 is 0 Å². The second kappa shape index (κ2) is 14.0. The average molecular weight is 513 g/mol. The summed E-state index contributed by atoms with van der Waals surface area (Å²) in [5.74, 6) is -0.0323. The van der Waals surface area contributed by atoms with E-state index in [1.165, 1.54) is 0 Å². The highest BCUT2D eigenvalue weighted by Crippen LogP contribution is 2.29. The van der Waals surface area contributed by atoms with Crippen molar-refractivity contribution in [1.29, 1.82) is 5.26 Å². The van der Waals surface area contributed by atoms with Crippen molar-refractivity contribution in [3.63, 3.8) is 0 Å². The van der Waals surface area contributed by atoms with E-state index < -0.39 is 19.2 Å². The first-order chi connectivity index (χ1) is 16.6. The predicted molar refractivity (Wildman–Crippen MR) is 151 cm³/mol. The van der Waals surface area contributed by atoms with Gasteiger partial charge in [-0.15, -0.1) is 0 Å². The minimum absolute atomic E-state index is 0.00685. The lowest BCUT2D eigenvalue weighted by molar-refractivity contribution is 0.0876. The zero-order chi connectivity index (χ0) is 26.1. The van der Waals surface area contributed by atoms with Crippen LogP contribution in [-0.4, -0.2) is 84.2 Å². The fourth-order valence-corrected chi connectivity index (χ4v) is 4.26. The number of alkyl halides is 1. The van der Waals surface area contributed by atoms with Crippen LogP contribution in [0.4, 0.5) is 0 Å². The highest BCUT2D eigenvalue weighted by Gasteiger charge is 2.31. The minimum Gasteiger partial charge on any atom is -0.294 e. The van der Waals surface area contributed by atoms with Gasteiger partial charge in [-0.1, -0.05) is 15.9 Å². The molecule has 162 valence electrons. The van der Waals surface area contributed by atoms with E-state index in [2.05, 4.69) is 32.0 Å². The van der Waals surface area contributed by atoms with E-state index in [9.17, 15) is 9.59 Å². The Morgan fingerprint density at radius 1 is 0.943 bits per heavy atom. The van der Waals surface area contributed by atoms with Crippen molar-refractivity contribution in [2.24, 2.45) is 11.8 Å². The van der Waals surface area contributed by atoms with E-state index in [-0.39, 0.29) is 28.2 Å². The van der Waals surface area contributed by atoms with Gasteiger partial charge in [-0.2, -0.15) is 5.26 Å². The number of nitrogens with zero attached hydrogens (tertiary/aromatic N) is 3. The van der Waals surface area contributed by atoms with Gasteiger partial charge in [0.25, 0.3) is 0 Å². The number of halogens is 1. The summed E-state index contributed by atoms with van der Waals surface area (Å²) in [7, 11) is 25.8. The molecule has 0 saturated heterocycles. The number of rotatable bonds is 3. The largest absolute Gasteiger partial charge is 0.294 e. The molecule has 2 aromatic rings. The number of carbonyl (C=O) groups is 2. The molecule has 2 heterocycles. The molecule has 0 fully saturated rings. The number of nitriles is 1. The summed E-state index contributed by atoms with van der Waals surface area (Å²) < 4.78 is 0. The number of fused-ring (bicyclic) bond motifs is 2. The zero-order valence-corrected chi connectivity index (χ0v) is 21.3. The number of ketones is 2. The number of aryl methyl sites for hydroxylation is 2. The Morgan fingerprint density at radius 2 is 1.43 bits per heavy atom. The van der Waals surface area contributed by atoms with Crippen LogP contribution < -0.4 is 0 Å². The van der Waals surface area contributed by atoms with Crippen LogP contribution in [-0.2, 0) is 12.8 Å². The van der Waals surface area contributed by atoms with Crippen molar-refractivity contribution in [2.75, 3.05) is 0 Å². The molecular formula is C21H20B8BrN3O2. The topological polar surface area (TPSA) is 83.7 Å². The number of aromatic nitrogens is 2. The lowest BCUT2D eigenvalue weighted by atomic mass is 8.68. The number of Topliss-reactive ketones (excluding diaryl/α,β-unsaturated/α-hetero) is 2. The maximum absolute atomic E-state index is 12.0. The van der Waals surface area contributed by atoms with Crippen molar-refractivity contribution in [1.82, 2.24) is 9.97 Å². The lowest BCUT2D eigenvalue weighted by Crippen LogP contribution is -2.52. The lowest BCUT2D eigenvalue weighted by Gasteiger charge is -2.24. The maximum atomic E-state index is 12.0. The first-order valence-corrected chi connectivity index (χ1v) is 12.3. The fraction of sp³-hybridized carbons (Fsp3) is 0.381. The highest BCUT2D eigenvalue weighted by atomic mass is 79.9. The summed E-state index contributed by atoms with van der Waals surface area (Å²) in [4.78, 5) is 31.6. The van der Waals surface area contributed by atoms with Crippen molar-refractivity contribution in [3.05, 3.63) is 59.2 Å². The van der Waals surface area contributed by atoms with E-state index in [0.717, 1.165) is 47.9 Å². The number of carbonyl (C=O) groups excluding carboxylic acids is 2. The summed E-state index contributed by atoms with van der Waals surface area (Å²) in [6.07, 6.45) is 8.52. The summed E-state index contributed by atoms with van der Waals surface area (Å²) in [5, 5.41) is 8.84. The third-order valence-electron chi connectivity index (χ3n) is 6.05. The molecule has 0 N–H and O–H groups in total. The molecule has 2 aliphatic rings. The Labute approximate surface area is 224 Å². The van der Waals surface area contributed by atoms with Crippen LogP contribution in [0.1, 0.15) is 51.6 Å². The van der Waals surface area contributed by atoms with Gasteiger partial charge in [0.15, 0.2) is 11.6 Å². The summed E-state index contributed by atoms with van der Waals surface area (Å²) in [6.45, 7) is 1.81. The van der Waals surface area contributed by atoms with Crippen molar-refractivity contribution >= 4 is 85.3 Å². The Morgan fingerprint density at radius 3 is 1.89 bits per heavy atom. The zero-order valence-electron chi connectivity index (χ0n) is 19.7. The van der Waals surface area contributed by atoms with Crippen molar-refractivity contribution in [3.8, 4) is 6.07 Å². The standard InChI is InChI=1S/C12H12N2O.C9H8BrNO.B8/c1-8(6-13)10-3-2-9-7-14-5-4-11(9)12(10)15;10-8-2-1-6-5-11-4-3-7(6)9(8)12;1-6(2)8(5)7(3)4/h4-5,7-8,10H,2-3H2,1H3;3-5,8H,1-2H2;. The molecule has 0 bridgehead atoms. The number of pyridine rings is 2. The molecule has 3 atom stereocenters. The van der Waals surface area contributed by atoms with E-state index in [1.807, 2.05) is 6.92 Å². The molecule has 0 saturated carbocycles. The summed E-state index contributed by atoms with van der Waals surface area (Å²) in [5.41, 5.74) is 3.68. The van der Waals surface area contributed by atoms with E-state index in [1.54, 1.807) is 36.9 Å². The Bertz CT molecular complexity index is 1060. The molecule has 2 aromatic heterocycles. The molecule has 10 radical (unpaired) electrons. The first kappa shape index (κ1) is 29.4. The molecule has 0 aromatic carbocycles. The van der Waals surface area contributed by atoms with Crippen molar-refractivity contribution < 1.29 is 9.59 Å². The Kier molecular flexibility index (Phi) is 11.8. The Balaban J connectivity index is 0.000000195. The SMILES string of the molecule is CC(C#N)C1CCc2cnccc2C1=O.O=C1c2ccncc2CCC1Br.[B]B([B])B([B])B([B])[B]. The smallest absolute Gasteiger partial charge is 0.176 e. The third kappa shape index (κ3) is 8.07. The Hall–Kier alpha value is -1.87. The molecule has 35 heavy (non-hydrogen) atoms. The molecule has 3 unspecified atom stereocenters. The van der Waals surface area contributed by atoms with Gasteiger partial charge in [0.05, 0.1) is 16.8 Å². The molecule has 2 aliphatic carbocycles. The van der Waals surface area contributed by atoms with Crippen LogP contribution in [0, 0.1) is 23.2 Å². The van der Waals surface area contributed by atoms with Crippen LogP contribution in [0.5, 0.6) is 0 Å². The predicted octanol–water partition coefficient (Wildman–Crippen LogP) is 0.914. The normalized spacial score (nSPS) is 18.7. The van der Waals surface area contributed by atoms with Crippen LogP contribution in [0.15, 0.2) is 36.9 Å². The van der Waals surface area contributed by atoms with Gasteiger partial charge in [-0.3, -0.25) is 19.6 Å². The second-order valence-electron chi connectivity index (χ2n) is 8.60. The molecule has 0 aliphatic heterocycles. The third-order valence-corrected chi connectivity index (χ3v) is 6.92. The monoisotopic (exact) mass is 513 g/mol. The van der Waals surface area contributed by atoms with Crippen LogP contribution in [0.2, 0.25) is 0 Å². The molecule has 4 rings (SSSR count). The molecule has 14 heteroatoms. The van der Waals surface area contributed by atoms with Crippen LogP contribution in [0.3, 0.4) is 0 Å². The van der Waals surface area contributed by atoms with Gasteiger partial charge in [0, 0.05) is 99.7 Å². The second-order valence-corrected chi connectivity index (χ2v) is 9.70. The van der Waals surface area contributed by atoms with Gasteiger partial charge in [-0.05, 0) is 55.9 Å². The summed E-state index contributed by atoms with van der Waals surface area (Å²) >= 11 is 3.35. The first-order valence-electron chi connectivity index (χ1n) is 11.3. The van der Waals surface area contributed by atoms with Crippen LogP contribution in [0.25, 0.3) is 0 Å². The highest BCUT2D eigenvalue weighted by molar-refractivity contribution is 9.10. The van der Waals surface area contributed by atoms with E-state index in [0.29, 0.717) is 0 Å².